The lowest BCUT2D eigenvalue weighted by molar-refractivity contribution is 0.180. The Morgan fingerprint density at radius 2 is 1.76 bits per heavy atom. The van der Waals surface area contributed by atoms with Crippen LogP contribution in [0.3, 0.4) is 0 Å². The van der Waals surface area contributed by atoms with Crippen LogP contribution in [0.25, 0.3) is 0 Å². The van der Waals surface area contributed by atoms with Crippen molar-refractivity contribution in [3.05, 3.63) is 65.5 Å². The Hall–Kier alpha value is -1.98. The summed E-state index contributed by atoms with van der Waals surface area (Å²) in [6.45, 7) is 2.58. The summed E-state index contributed by atoms with van der Waals surface area (Å²) >= 11 is 0. The van der Waals surface area contributed by atoms with Crippen LogP contribution in [0.15, 0.2) is 42.7 Å². The zero-order valence-corrected chi connectivity index (χ0v) is 16.6. The standard InChI is InChI=1S/C19H23F2N5O2S/c20-16-2-1-14(11-17(16)21)13-25-7-9-26(10-8-25)29(27,28)18-12-23-24-19(18)15-3-5-22-6-4-15/h1-6,11,18-19,23-24H,7-10,12-13H2. The van der Waals surface area contributed by atoms with Gasteiger partial charge in [-0.1, -0.05) is 6.07 Å². The van der Waals surface area contributed by atoms with E-state index >= 15 is 0 Å². The predicted molar refractivity (Wildman–Crippen MR) is 104 cm³/mol. The van der Waals surface area contributed by atoms with Crippen LogP contribution in [0.5, 0.6) is 0 Å². The molecule has 1 aromatic carbocycles. The Bertz CT molecular complexity index is 952. The number of rotatable bonds is 5. The Labute approximate surface area is 168 Å². The lowest BCUT2D eigenvalue weighted by Gasteiger charge is -2.36. The average Bonchev–Trinajstić information content (AvgIpc) is 3.23. The van der Waals surface area contributed by atoms with Gasteiger partial charge in [-0.15, -0.1) is 0 Å². The van der Waals surface area contributed by atoms with Gasteiger partial charge < -0.3 is 0 Å². The van der Waals surface area contributed by atoms with Crippen LogP contribution in [0.2, 0.25) is 0 Å². The van der Waals surface area contributed by atoms with Gasteiger partial charge in [0.25, 0.3) is 0 Å². The van der Waals surface area contributed by atoms with E-state index in [2.05, 4.69) is 15.8 Å². The highest BCUT2D eigenvalue weighted by Crippen LogP contribution is 2.27. The lowest BCUT2D eigenvalue weighted by atomic mass is 10.1. The molecule has 2 aliphatic heterocycles. The summed E-state index contributed by atoms with van der Waals surface area (Å²) in [5.41, 5.74) is 7.56. The van der Waals surface area contributed by atoms with Gasteiger partial charge in [0.15, 0.2) is 11.6 Å². The van der Waals surface area contributed by atoms with Crippen LogP contribution in [0.1, 0.15) is 17.2 Å². The van der Waals surface area contributed by atoms with Gasteiger partial charge >= 0.3 is 0 Å². The van der Waals surface area contributed by atoms with E-state index in [-0.39, 0.29) is 6.04 Å². The van der Waals surface area contributed by atoms with Crippen LogP contribution >= 0.6 is 0 Å². The monoisotopic (exact) mass is 423 g/mol. The van der Waals surface area contributed by atoms with Crippen molar-refractivity contribution in [3.63, 3.8) is 0 Å². The van der Waals surface area contributed by atoms with Crippen molar-refractivity contribution < 1.29 is 17.2 Å². The van der Waals surface area contributed by atoms with Crippen molar-refractivity contribution >= 4 is 10.0 Å². The summed E-state index contributed by atoms with van der Waals surface area (Å²) in [7, 11) is -3.52. The highest BCUT2D eigenvalue weighted by Gasteiger charge is 2.42. The van der Waals surface area contributed by atoms with Gasteiger partial charge in [0.05, 0.1) is 6.04 Å². The van der Waals surface area contributed by atoms with Gasteiger partial charge in [0.2, 0.25) is 10.0 Å². The number of aromatic nitrogens is 1. The average molecular weight is 423 g/mol. The minimum atomic E-state index is -3.52. The van der Waals surface area contributed by atoms with Crippen molar-refractivity contribution in [1.29, 1.82) is 0 Å². The molecule has 2 saturated heterocycles. The first-order chi connectivity index (χ1) is 13.9. The van der Waals surface area contributed by atoms with Crippen molar-refractivity contribution in [2.45, 2.75) is 17.8 Å². The maximum atomic E-state index is 13.4. The molecule has 0 saturated carbocycles. The topological polar surface area (TPSA) is 77.6 Å². The number of hydrogen-bond acceptors (Lipinski definition) is 6. The number of sulfonamides is 1. The number of hydrogen-bond donors (Lipinski definition) is 2. The molecule has 4 rings (SSSR count). The quantitative estimate of drug-likeness (QED) is 0.748. The van der Waals surface area contributed by atoms with Gasteiger partial charge in [-0.25, -0.2) is 22.6 Å². The fourth-order valence-corrected chi connectivity index (χ4v) is 5.77. The minimum Gasteiger partial charge on any atom is -0.296 e. The largest absolute Gasteiger partial charge is 0.296 e. The molecule has 29 heavy (non-hydrogen) atoms. The summed E-state index contributed by atoms with van der Waals surface area (Å²) < 4.78 is 54.5. The Morgan fingerprint density at radius 1 is 1.03 bits per heavy atom. The van der Waals surface area contributed by atoms with E-state index in [0.29, 0.717) is 44.8 Å². The first kappa shape index (κ1) is 20.3. The zero-order valence-electron chi connectivity index (χ0n) is 15.8. The molecule has 3 heterocycles. The van der Waals surface area contributed by atoms with Crippen LogP contribution in [0, 0.1) is 11.6 Å². The van der Waals surface area contributed by atoms with Crippen molar-refractivity contribution in [3.8, 4) is 0 Å². The number of nitrogens with one attached hydrogen (secondary N) is 2. The second kappa shape index (κ2) is 8.41. The Morgan fingerprint density at radius 3 is 2.45 bits per heavy atom. The van der Waals surface area contributed by atoms with E-state index in [1.165, 1.54) is 10.4 Å². The molecule has 1 aromatic heterocycles. The van der Waals surface area contributed by atoms with Gasteiger partial charge in [-0.2, -0.15) is 4.31 Å². The highest BCUT2D eigenvalue weighted by atomic mass is 32.2. The summed E-state index contributed by atoms with van der Waals surface area (Å²) in [5.74, 6) is -1.74. The molecule has 156 valence electrons. The number of pyridine rings is 1. The third kappa shape index (κ3) is 4.31. The Kier molecular flexibility index (Phi) is 5.88. The maximum absolute atomic E-state index is 13.4. The molecule has 2 aromatic rings. The predicted octanol–water partition coefficient (Wildman–Crippen LogP) is 1.02. The van der Waals surface area contributed by atoms with E-state index < -0.39 is 26.9 Å². The zero-order chi connectivity index (χ0) is 20.4. The molecular formula is C19H23F2N5O2S. The van der Waals surface area contributed by atoms with Gasteiger partial charge in [-0.05, 0) is 35.4 Å². The molecular weight excluding hydrogens is 400 g/mol. The van der Waals surface area contributed by atoms with Crippen molar-refractivity contribution in [2.24, 2.45) is 0 Å². The smallest absolute Gasteiger partial charge is 0.220 e. The molecule has 10 heteroatoms. The molecule has 0 amide bonds. The van der Waals surface area contributed by atoms with E-state index in [4.69, 9.17) is 0 Å². The van der Waals surface area contributed by atoms with Crippen molar-refractivity contribution in [1.82, 2.24) is 25.0 Å². The van der Waals surface area contributed by atoms with Gasteiger partial charge in [0.1, 0.15) is 5.25 Å². The van der Waals surface area contributed by atoms with Crippen LogP contribution in [0.4, 0.5) is 8.78 Å². The molecule has 2 N–H and O–H groups in total. The van der Waals surface area contributed by atoms with Crippen LogP contribution in [-0.4, -0.2) is 60.6 Å². The first-order valence-electron chi connectivity index (χ1n) is 9.49. The molecule has 2 aliphatic rings. The fourth-order valence-electron chi connectivity index (χ4n) is 3.86. The number of piperazine rings is 1. The molecule has 0 bridgehead atoms. The second-order valence-corrected chi connectivity index (χ2v) is 9.44. The molecule has 0 radical (unpaired) electrons. The second-order valence-electron chi connectivity index (χ2n) is 7.29. The van der Waals surface area contributed by atoms with E-state index in [9.17, 15) is 17.2 Å². The number of benzene rings is 1. The van der Waals surface area contributed by atoms with Gasteiger partial charge in [-0.3, -0.25) is 15.3 Å². The van der Waals surface area contributed by atoms with E-state index in [0.717, 1.165) is 11.6 Å². The third-order valence-electron chi connectivity index (χ3n) is 5.46. The summed E-state index contributed by atoms with van der Waals surface area (Å²) in [4.78, 5) is 6.03. The number of halogens is 2. The SMILES string of the molecule is O=S(=O)(C1CNNC1c1ccncc1)N1CCN(Cc2ccc(F)c(F)c2)CC1. The Balaban J connectivity index is 1.40. The molecule has 2 atom stereocenters. The van der Waals surface area contributed by atoms with E-state index in [1.54, 1.807) is 18.5 Å². The molecule has 2 fully saturated rings. The lowest BCUT2D eigenvalue weighted by Crippen LogP contribution is -2.52. The summed E-state index contributed by atoms with van der Waals surface area (Å²) in [5, 5.41) is -0.609. The normalized spacial score (nSPS) is 24.1. The number of nitrogens with zero attached hydrogens (tertiary/aromatic N) is 3. The summed E-state index contributed by atoms with van der Waals surface area (Å²) in [6, 6.07) is 7.14. The fraction of sp³-hybridized carbons (Fsp3) is 0.421. The third-order valence-corrected chi connectivity index (χ3v) is 7.75. The van der Waals surface area contributed by atoms with Gasteiger partial charge in [0, 0.05) is 51.7 Å². The molecule has 0 spiro atoms. The first-order valence-corrected chi connectivity index (χ1v) is 11.0. The molecule has 7 nitrogen and oxygen atoms in total. The molecule has 0 aliphatic carbocycles. The minimum absolute atomic E-state index is 0.324. The summed E-state index contributed by atoms with van der Waals surface area (Å²) in [6.07, 6.45) is 3.30. The highest BCUT2D eigenvalue weighted by molar-refractivity contribution is 7.89. The van der Waals surface area contributed by atoms with Crippen LogP contribution in [-0.2, 0) is 16.6 Å². The maximum Gasteiger partial charge on any atom is 0.220 e. The molecule has 2 unspecified atom stereocenters. The van der Waals surface area contributed by atoms with E-state index in [1.807, 2.05) is 17.0 Å². The number of hydrazine groups is 1. The van der Waals surface area contributed by atoms with Crippen LogP contribution < -0.4 is 10.9 Å². The van der Waals surface area contributed by atoms with Crippen molar-refractivity contribution in [2.75, 3.05) is 32.7 Å².